The molecule has 6 nitrogen and oxygen atoms in total. The average molecular weight is 347 g/mol. The summed E-state index contributed by atoms with van der Waals surface area (Å²) in [6, 6.07) is 11.5. The third-order valence-corrected chi connectivity index (χ3v) is 3.71. The zero-order chi connectivity index (χ0) is 18.4. The summed E-state index contributed by atoms with van der Waals surface area (Å²) in [6.07, 6.45) is 7.35. The van der Waals surface area contributed by atoms with E-state index in [9.17, 15) is 4.79 Å². The molecular formula is C20H21N5O. The summed E-state index contributed by atoms with van der Waals surface area (Å²) in [6.45, 7) is 4.41. The first-order valence-corrected chi connectivity index (χ1v) is 8.49. The molecule has 0 saturated heterocycles. The third kappa shape index (κ3) is 4.86. The van der Waals surface area contributed by atoms with Gasteiger partial charge in [-0.2, -0.15) is 0 Å². The highest BCUT2D eigenvalue weighted by Crippen LogP contribution is 2.16. The lowest BCUT2D eigenvalue weighted by Gasteiger charge is -2.09. The number of nitrogens with one attached hydrogen (secondary N) is 2. The van der Waals surface area contributed by atoms with Crippen molar-refractivity contribution in [2.24, 2.45) is 5.92 Å². The minimum absolute atomic E-state index is 0.225. The predicted octanol–water partition coefficient (Wildman–Crippen LogP) is 4.07. The van der Waals surface area contributed by atoms with E-state index >= 15 is 0 Å². The summed E-state index contributed by atoms with van der Waals surface area (Å²) >= 11 is 0. The lowest BCUT2D eigenvalue weighted by Crippen LogP contribution is -2.12. The molecule has 26 heavy (non-hydrogen) atoms. The van der Waals surface area contributed by atoms with Crippen LogP contribution in [-0.4, -0.2) is 20.9 Å². The smallest absolute Gasteiger partial charge is 0.255 e. The van der Waals surface area contributed by atoms with Gasteiger partial charge in [0.2, 0.25) is 5.95 Å². The Kier molecular flexibility index (Phi) is 5.53. The fraction of sp³-hybridized carbons (Fsp3) is 0.200. The molecule has 0 aliphatic rings. The first kappa shape index (κ1) is 17.5. The fourth-order valence-corrected chi connectivity index (χ4v) is 2.49. The van der Waals surface area contributed by atoms with Crippen LogP contribution >= 0.6 is 0 Å². The van der Waals surface area contributed by atoms with Crippen LogP contribution in [0.3, 0.4) is 0 Å². The van der Waals surface area contributed by atoms with Crippen LogP contribution < -0.4 is 10.6 Å². The van der Waals surface area contributed by atoms with Crippen LogP contribution in [0.1, 0.15) is 29.8 Å². The molecule has 1 amide bonds. The first-order chi connectivity index (χ1) is 12.6. The Hall–Kier alpha value is -3.28. The molecule has 2 heterocycles. The molecule has 6 heteroatoms. The first-order valence-electron chi connectivity index (χ1n) is 8.49. The van der Waals surface area contributed by atoms with Gasteiger partial charge in [0, 0.05) is 23.6 Å². The summed E-state index contributed by atoms with van der Waals surface area (Å²) in [7, 11) is 0. The standard InChI is InChI=1S/C20H21N5O/c1-14(2)11-15-3-5-17(6-4-15)25-20-22-12-18(13-23-20)24-19(26)16-7-9-21-10-8-16/h3-10,12-14H,11H2,1-2H3,(H,24,26)(H,22,23,25). The molecule has 0 bridgehead atoms. The summed E-state index contributed by atoms with van der Waals surface area (Å²) < 4.78 is 0. The van der Waals surface area contributed by atoms with E-state index in [1.54, 1.807) is 36.9 Å². The van der Waals surface area contributed by atoms with Gasteiger partial charge >= 0.3 is 0 Å². The number of carbonyl (C=O) groups excluding carboxylic acids is 1. The number of amides is 1. The van der Waals surface area contributed by atoms with Crippen LogP contribution in [0.2, 0.25) is 0 Å². The van der Waals surface area contributed by atoms with Crippen molar-refractivity contribution in [2.75, 3.05) is 10.6 Å². The Bertz CT molecular complexity index is 846. The molecule has 3 aromatic rings. The van der Waals surface area contributed by atoms with Crippen LogP contribution in [0.15, 0.2) is 61.2 Å². The number of hydrogen-bond acceptors (Lipinski definition) is 5. The largest absolute Gasteiger partial charge is 0.324 e. The van der Waals surface area contributed by atoms with E-state index in [0.717, 1.165) is 12.1 Å². The van der Waals surface area contributed by atoms with E-state index in [2.05, 4.69) is 51.6 Å². The minimum Gasteiger partial charge on any atom is -0.324 e. The van der Waals surface area contributed by atoms with Crippen molar-refractivity contribution in [3.8, 4) is 0 Å². The van der Waals surface area contributed by atoms with Crippen LogP contribution in [-0.2, 0) is 6.42 Å². The summed E-state index contributed by atoms with van der Waals surface area (Å²) in [5.41, 5.74) is 3.29. The molecular weight excluding hydrogens is 326 g/mol. The monoisotopic (exact) mass is 347 g/mol. The van der Waals surface area contributed by atoms with Gasteiger partial charge in [-0.3, -0.25) is 9.78 Å². The molecule has 132 valence electrons. The minimum atomic E-state index is -0.225. The molecule has 0 atom stereocenters. The molecule has 0 aliphatic carbocycles. The molecule has 0 radical (unpaired) electrons. The average Bonchev–Trinajstić information content (AvgIpc) is 2.65. The number of rotatable bonds is 6. The fourth-order valence-electron chi connectivity index (χ4n) is 2.49. The maximum absolute atomic E-state index is 12.1. The van der Waals surface area contributed by atoms with E-state index in [-0.39, 0.29) is 5.91 Å². The van der Waals surface area contributed by atoms with E-state index in [1.807, 2.05) is 12.1 Å². The Morgan fingerprint density at radius 1 is 0.962 bits per heavy atom. The van der Waals surface area contributed by atoms with Crippen molar-refractivity contribution >= 4 is 23.2 Å². The van der Waals surface area contributed by atoms with Crippen LogP contribution in [0.5, 0.6) is 0 Å². The molecule has 0 saturated carbocycles. The number of aromatic nitrogens is 3. The van der Waals surface area contributed by atoms with Crippen LogP contribution in [0, 0.1) is 5.92 Å². The summed E-state index contributed by atoms with van der Waals surface area (Å²) in [5, 5.41) is 5.91. The maximum Gasteiger partial charge on any atom is 0.255 e. The Morgan fingerprint density at radius 3 is 2.23 bits per heavy atom. The molecule has 2 aromatic heterocycles. The molecule has 3 rings (SSSR count). The second-order valence-corrected chi connectivity index (χ2v) is 6.41. The van der Waals surface area contributed by atoms with Crippen molar-refractivity contribution in [1.29, 1.82) is 0 Å². The zero-order valence-corrected chi connectivity index (χ0v) is 14.8. The van der Waals surface area contributed by atoms with E-state index in [4.69, 9.17) is 0 Å². The van der Waals surface area contributed by atoms with Crippen molar-refractivity contribution in [3.05, 3.63) is 72.3 Å². The van der Waals surface area contributed by atoms with Gasteiger partial charge in [-0.15, -0.1) is 0 Å². The number of carbonyl (C=O) groups is 1. The van der Waals surface area contributed by atoms with E-state index in [0.29, 0.717) is 23.1 Å². The lowest BCUT2D eigenvalue weighted by molar-refractivity contribution is 0.102. The van der Waals surface area contributed by atoms with Gasteiger partial charge < -0.3 is 10.6 Å². The Balaban J connectivity index is 1.60. The van der Waals surface area contributed by atoms with E-state index in [1.165, 1.54) is 5.56 Å². The highest BCUT2D eigenvalue weighted by molar-refractivity contribution is 6.03. The predicted molar refractivity (Wildman–Crippen MR) is 102 cm³/mol. The number of anilines is 3. The Labute approximate surface area is 152 Å². The van der Waals surface area contributed by atoms with Crippen molar-refractivity contribution in [1.82, 2.24) is 15.0 Å². The Morgan fingerprint density at radius 2 is 1.62 bits per heavy atom. The van der Waals surface area contributed by atoms with Crippen molar-refractivity contribution < 1.29 is 4.79 Å². The van der Waals surface area contributed by atoms with Gasteiger partial charge in [-0.1, -0.05) is 26.0 Å². The van der Waals surface area contributed by atoms with Gasteiger partial charge in [0.1, 0.15) is 0 Å². The second kappa shape index (κ2) is 8.20. The highest BCUT2D eigenvalue weighted by atomic mass is 16.1. The molecule has 0 spiro atoms. The van der Waals surface area contributed by atoms with Crippen molar-refractivity contribution in [2.45, 2.75) is 20.3 Å². The zero-order valence-electron chi connectivity index (χ0n) is 14.8. The lowest BCUT2D eigenvalue weighted by atomic mass is 10.0. The van der Waals surface area contributed by atoms with Crippen LogP contribution in [0.4, 0.5) is 17.3 Å². The van der Waals surface area contributed by atoms with Crippen LogP contribution in [0.25, 0.3) is 0 Å². The van der Waals surface area contributed by atoms with Gasteiger partial charge in [0.25, 0.3) is 5.91 Å². The van der Waals surface area contributed by atoms with E-state index < -0.39 is 0 Å². The highest BCUT2D eigenvalue weighted by Gasteiger charge is 2.06. The summed E-state index contributed by atoms with van der Waals surface area (Å²) in [5.74, 6) is 0.882. The molecule has 1 aromatic carbocycles. The maximum atomic E-state index is 12.1. The number of benzene rings is 1. The van der Waals surface area contributed by atoms with Gasteiger partial charge in [-0.05, 0) is 42.2 Å². The number of hydrogen-bond donors (Lipinski definition) is 2. The molecule has 0 unspecified atom stereocenters. The SMILES string of the molecule is CC(C)Cc1ccc(Nc2ncc(NC(=O)c3ccncc3)cn2)cc1. The second-order valence-electron chi connectivity index (χ2n) is 6.41. The summed E-state index contributed by atoms with van der Waals surface area (Å²) in [4.78, 5) is 24.5. The molecule has 0 aliphatic heterocycles. The van der Waals surface area contributed by atoms with Gasteiger partial charge in [0.15, 0.2) is 0 Å². The normalized spacial score (nSPS) is 10.6. The van der Waals surface area contributed by atoms with Gasteiger partial charge in [-0.25, -0.2) is 9.97 Å². The number of pyridine rings is 1. The molecule has 2 N–H and O–H groups in total. The molecule has 0 fully saturated rings. The quantitative estimate of drug-likeness (QED) is 0.703. The third-order valence-electron chi connectivity index (χ3n) is 3.71. The topological polar surface area (TPSA) is 79.8 Å². The van der Waals surface area contributed by atoms with Crippen molar-refractivity contribution in [3.63, 3.8) is 0 Å². The van der Waals surface area contributed by atoms with Gasteiger partial charge in [0.05, 0.1) is 18.1 Å². The number of nitrogens with zero attached hydrogens (tertiary/aromatic N) is 3.